The third-order valence-electron chi connectivity index (χ3n) is 10.4. The monoisotopic (exact) mass is 688 g/mol. The molecule has 7 heteroatoms. The van der Waals surface area contributed by atoms with Crippen molar-refractivity contribution in [2.75, 3.05) is 0 Å². The fourth-order valence-corrected chi connectivity index (χ4v) is 8.04. The molecule has 0 unspecified atom stereocenters. The van der Waals surface area contributed by atoms with Crippen LogP contribution in [0.3, 0.4) is 0 Å². The standard InChI is InChI=1S/C46H26F2N4O/c47-46(48)36-20-9-7-18-31(36)33-24-25-37-39(40(33)46)35-23-22-34-32-19-8-10-21-38(32)53-42(34)41(35)52(37)30-17-11-16-29(26-30)45-50-43(27-12-3-1-4-13-27)49-44(51-45)28-14-5-2-6-15-28/h1-26H. The summed E-state index contributed by atoms with van der Waals surface area (Å²) < 4.78 is 42.0. The van der Waals surface area contributed by atoms with Crippen molar-refractivity contribution in [1.29, 1.82) is 0 Å². The van der Waals surface area contributed by atoms with Crippen molar-refractivity contribution in [3.05, 3.63) is 169 Å². The largest absolute Gasteiger partial charge is 0.454 e. The van der Waals surface area contributed by atoms with Crippen LogP contribution in [-0.2, 0) is 5.92 Å². The maximum atomic E-state index is 16.7. The van der Waals surface area contributed by atoms with Gasteiger partial charge in [0.15, 0.2) is 23.1 Å². The van der Waals surface area contributed by atoms with Gasteiger partial charge >= 0.3 is 0 Å². The molecular weight excluding hydrogens is 663 g/mol. The molecule has 11 rings (SSSR count). The minimum Gasteiger partial charge on any atom is -0.454 e. The molecule has 10 aromatic rings. The Labute approximate surface area is 301 Å². The molecule has 5 nitrogen and oxygen atoms in total. The summed E-state index contributed by atoms with van der Waals surface area (Å²) in [7, 11) is 0. The van der Waals surface area contributed by atoms with Gasteiger partial charge in [0.05, 0.1) is 11.0 Å². The number of aromatic nitrogens is 4. The summed E-state index contributed by atoms with van der Waals surface area (Å²) in [6.45, 7) is 0. The number of nitrogens with zero attached hydrogens (tertiary/aromatic N) is 4. The summed E-state index contributed by atoms with van der Waals surface area (Å²) in [5, 5.41) is 3.07. The second-order valence-corrected chi connectivity index (χ2v) is 13.4. The van der Waals surface area contributed by atoms with Gasteiger partial charge in [0.2, 0.25) is 0 Å². The van der Waals surface area contributed by atoms with Crippen LogP contribution in [0.5, 0.6) is 0 Å². The Bertz CT molecular complexity index is 3040. The molecule has 0 spiro atoms. The average Bonchev–Trinajstić information content (AvgIpc) is 3.84. The molecule has 0 atom stereocenters. The SMILES string of the molecule is FC1(F)c2ccccc2-c2ccc3c(c21)c1ccc2c4ccccc4oc2c1n3-c1cccc(-c2nc(-c3ccccc3)nc(-c3ccccc3)n2)c1. The number of fused-ring (bicyclic) bond motifs is 11. The molecule has 7 aromatic carbocycles. The van der Waals surface area contributed by atoms with Crippen LogP contribution in [0.2, 0.25) is 0 Å². The van der Waals surface area contributed by atoms with Crippen molar-refractivity contribution >= 4 is 43.7 Å². The first-order chi connectivity index (χ1) is 26.0. The van der Waals surface area contributed by atoms with Gasteiger partial charge in [-0.1, -0.05) is 127 Å². The van der Waals surface area contributed by atoms with Crippen LogP contribution in [0.25, 0.3) is 94.7 Å². The fraction of sp³-hybridized carbons (Fsp3) is 0.0217. The topological polar surface area (TPSA) is 56.7 Å². The molecule has 0 saturated heterocycles. The van der Waals surface area contributed by atoms with E-state index in [1.54, 1.807) is 12.1 Å². The molecule has 3 heterocycles. The number of benzene rings is 7. The van der Waals surface area contributed by atoms with Crippen LogP contribution in [0.1, 0.15) is 11.1 Å². The lowest BCUT2D eigenvalue weighted by atomic mass is 9.99. The molecular formula is C46H26F2N4O. The van der Waals surface area contributed by atoms with Gasteiger partial charge in [0, 0.05) is 55.0 Å². The third-order valence-corrected chi connectivity index (χ3v) is 10.4. The fourth-order valence-electron chi connectivity index (χ4n) is 8.04. The van der Waals surface area contributed by atoms with Crippen molar-refractivity contribution in [3.8, 4) is 51.0 Å². The van der Waals surface area contributed by atoms with E-state index in [1.807, 2.05) is 140 Å². The Balaban J connectivity index is 1.21. The number of halogens is 2. The van der Waals surface area contributed by atoms with Crippen molar-refractivity contribution in [1.82, 2.24) is 19.5 Å². The van der Waals surface area contributed by atoms with Gasteiger partial charge in [0.25, 0.3) is 5.92 Å². The number of furan rings is 1. The van der Waals surface area contributed by atoms with E-state index in [0.29, 0.717) is 50.5 Å². The Morgan fingerprint density at radius 1 is 0.509 bits per heavy atom. The summed E-state index contributed by atoms with van der Waals surface area (Å²) in [6.07, 6.45) is 0. The highest BCUT2D eigenvalue weighted by atomic mass is 19.3. The van der Waals surface area contributed by atoms with Crippen LogP contribution in [0.4, 0.5) is 8.78 Å². The van der Waals surface area contributed by atoms with E-state index in [2.05, 4.69) is 4.57 Å². The second kappa shape index (κ2) is 11.0. The lowest BCUT2D eigenvalue weighted by molar-refractivity contribution is 0.0496. The number of hydrogen-bond donors (Lipinski definition) is 0. The van der Waals surface area contributed by atoms with Gasteiger partial charge < -0.3 is 8.98 Å². The molecule has 0 amide bonds. The summed E-state index contributed by atoms with van der Waals surface area (Å²) in [4.78, 5) is 14.8. The molecule has 0 saturated carbocycles. The molecule has 1 aliphatic carbocycles. The Kier molecular flexibility index (Phi) is 6.17. The number of hydrogen-bond acceptors (Lipinski definition) is 4. The zero-order valence-corrected chi connectivity index (χ0v) is 28.0. The van der Waals surface area contributed by atoms with E-state index in [9.17, 15) is 0 Å². The van der Waals surface area contributed by atoms with Gasteiger partial charge in [-0.3, -0.25) is 0 Å². The number of rotatable bonds is 4. The van der Waals surface area contributed by atoms with Gasteiger partial charge in [0.1, 0.15) is 5.58 Å². The van der Waals surface area contributed by atoms with E-state index < -0.39 is 5.92 Å². The minimum absolute atomic E-state index is 0.0176. The first kappa shape index (κ1) is 29.7. The summed E-state index contributed by atoms with van der Waals surface area (Å²) in [5.41, 5.74) is 7.14. The molecule has 1 aliphatic rings. The zero-order valence-electron chi connectivity index (χ0n) is 28.0. The Morgan fingerprint density at radius 2 is 1.13 bits per heavy atom. The zero-order chi connectivity index (χ0) is 35.3. The molecule has 0 fully saturated rings. The molecule has 53 heavy (non-hydrogen) atoms. The highest BCUT2D eigenvalue weighted by Crippen LogP contribution is 2.55. The van der Waals surface area contributed by atoms with Crippen molar-refractivity contribution in [3.63, 3.8) is 0 Å². The molecule has 0 radical (unpaired) electrons. The number of alkyl halides is 2. The Hall–Kier alpha value is -6.99. The van der Waals surface area contributed by atoms with Crippen molar-refractivity contribution in [2.24, 2.45) is 0 Å². The molecule has 0 bridgehead atoms. The normalized spacial score (nSPS) is 13.2. The van der Waals surface area contributed by atoms with Crippen molar-refractivity contribution < 1.29 is 13.2 Å². The van der Waals surface area contributed by atoms with E-state index >= 15 is 8.78 Å². The highest BCUT2D eigenvalue weighted by molar-refractivity contribution is 6.23. The van der Waals surface area contributed by atoms with Gasteiger partial charge in [-0.2, -0.15) is 8.78 Å². The van der Waals surface area contributed by atoms with E-state index in [1.165, 1.54) is 6.07 Å². The first-order valence-corrected chi connectivity index (χ1v) is 17.4. The molecule has 250 valence electrons. The average molecular weight is 689 g/mol. The lowest BCUT2D eigenvalue weighted by Crippen LogP contribution is -2.11. The van der Waals surface area contributed by atoms with Crippen LogP contribution >= 0.6 is 0 Å². The summed E-state index contributed by atoms with van der Waals surface area (Å²) in [6, 6.07) is 50.0. The number of para-hydroxylation sites is 1. The van der Waals surface area contributed by atoms with E-state index in [-0.39, 0.29) is 11.1 Å². The quantitative estimate of drug-likeness (QED) is 0.185. The third kappa shape index (κ3) is 4.31. The summed E-state index contributed by atoms with van der Waals surface area (Å²) in [5.74, 6) is -1.59. The highest BCUT2D eigenvalue weighted by Gasteiger charge is 2.46. The smallest absolute Gasteiger partial charge is 0.300 e. The van der Waals surface area contributed by atoms with Gasteiger partial charge in [-0.05, 0) is 41.5 Å². The molecule has 0 aliphatic heterocycles. The second-order valence-electron chi connectivity index (χ2n) is 13.4. The van der Waals surface area contributed by atoms with Crippen LogP contribution in [-0.4, -0.2) is 19.5 Å². The first-order valence-electron chi connectivity index (χ1n) is 17.4. The van der Waals surface area contributed by atoms with Crippen LogP contribution in [0.15, 0.2) is 162 Å². The predicted molar refractivity (Wildman–Crippen MR) is 206 cm³/mol. The van der Waals surface area contributed by atoms with Crippen LogP contribution < -0.4 is 0 Å². The maximum absolute atomic E-state index is 16.7. The van der Waals surface area contributed by atoms with Crippen LogP contribution in [0, 0.1) is 0 Å². The predicted octanol–water partition coefficient (Wildman–Crippen LogP) is 12.0. The summed E-state index contributed by atoms with van der Waals surface area (Å²) >= 11 is 0. The minimum atomic E-state index is -3.19. The Morgan fingerprint density at radius 3 is 1.89 bits per heavy atom. The van der Waals surface area contributed by atoms with Crippen molar-refractivity contribution in [2.45, 2.75) is 5.92 Å². The molecule has 3 aromatic heterocycles. The van der Waals surface area contributed by atoms with Gasteiger partial charge in [-0.25, -0.2) is 15.0 Å². The maximum Gasteiger partial charge on any atom is 0.300 e. The lowest BCUT2D eigenvalue weighted by Gasteiger charge is -2.14. The van der Waals surface area contributed by atoms with Gasteiger partial charge in [-0.15, -0.1) is 0 Å². The van der Waals surface area contributed by atoms with E-state index in [4.69, 9.17) is 19.4 Å². The molecule has 0 N–H and O–H groups in total. The van der Waals surface area contributed by atoms with E-state index in [0.717, 1.165) is 44.2 Å².